The minimum atomic E-state index is -0.786. The van der Waals surface area contributed by atoms with Gasteiger partial charge in [-0.2, -0.15) is 0 Å². The largest absolute Gasteiger partial charge is 0.389 e. The zero-order valence-electron chi connectivity index (χ0n) is 13.4. The van der Waals surface area contributed by atoms with E-state index in [0.29, 0.717) is 6.54 Å². The van der Waals surface area contributed by atoms with Gasteiger partial charge in [-0.25, -0.2) is 4.98 Å². The molecule has 3 rings (SSSR count). The van der Waals surface area contributed by atoms with Gasteiger partial charge in [0.05, 0.1) is 30.0 Å². The van der Waals surface area contributed by atoms with Gasteiger partial charge in [-0.05, 0) is 26.7 Å². The molecule has 22 heavy (non-hydrogen) atoms. The number of carbonyl (C=O) groups excluding carboxylic acids is 1. The van der Waals surface area contributed by atoms with Gasteiger partial charge in [0, 0.05) is 18.1 Å². The van der Waals surface area contributed by atoms with E-state index in [-0.39, 0.29) is 12.3 Å². The summed E-state index contributed by atoms with van der Waals surface area (Å²) in [6.07, 6.45) is 5.82. The Hall–Kier alpha value is -1.40. The number of aromatic nitrogens is 2. The van der Waals surface area contributed by atoms with Crippen molar-refractivity contribution in [2.24, 2.45) is 0 Å². The van der Waals surface area contributed by atoms with Crippen LogP contribution in [0, 0.1) is 13.8 Å². The van der Waals surface area contributed by atoms with Crippen LogP contribution in [0.4, 0.5) is 0 Å². The second kappa shape index (κ2) is 5.66. The zero-order valence-corrected chi connectivity index (χ0v) is 14.2. The number of rotatable bonds is 4. The maximum Gasteiger partial charge on any atom is 0.225 e. The number of aryl methyl sites for hydroxylation is 2. The number of fused-ring (bicyclic) bond motifs is 1. The second-order valence-electron chi connectivity index (χ2n) is 6.50. The van der Waals surface area contributed by atoms with Crippen LogP contribution in [0.3, 0.4) is 0 Å². The molecule has 0 aliphatic heterocycles. The topological polar surface area (TPSA) is 57.8 Å². The molecule has 0 spiro atoms. The smallest absolute Gasteiger partial charge is 0.225 e. The lowest BCUT2D eigenvalue weighted by Crippen LogP contribution is -2.35. The van der Waals surface area contributed by atoms with Crippen LogP contribution in [0.15, 0.2) is 6.20 Å². The first-order chi connectivity index (χ1) is 10.4. The van der Waals surface area contributed by atoms with E-state index in [4.69, 9.17) is 0 Å². The number of hydrogen-bond acceptors (Lipinski definition) is 4. The summed E-state index contributed by atoms with van der Waals surface area (Å²) in [6.45, 7) is 4.56. The summed E-state index contributed by atoms with van der Waals surface area (Å²) in [5, 5.41) is 10.4. The molecule has 6 heteroatoms. The molecule has 2 aromatic heterocycles. The summed E-state index contributed by atoms with van der Waals surface area (Å²) < 4.78 is 2.07. The quantitative estimate of drug-likeness (QED) is 0.942. The predicted octanol–water partition coefficient (Wildman–Crippen LogP) is 2.67. The first kappa shape index (κ1) is 15.5. The third-order valence-corrected chi connectivity index (χ3v) is 5.47. The van der Waals surface area contributed by atoms with E-state index in [2.05, 4.69) is 22.5 Å². The molecule has 0 atom stereocenters. The molecule has 1 aliphatic carbocycles. The number of thiazole rings is 1. The lowest BCUT2D eigenvalue weighted by molar-refractivity contribution is -0.135. The highest BCUT2D eigenvalue weighted by Crippen LogP contribution is 2.33. The minimum Gasteiger partial charge on any atom is -0.389 e. The Labute approximate surface area is 134 Å². The number of imidazole rings is 1. The van der Waals surface area contributed by atoms with E-state index in [1.807, 2.05) is 6.92 Å². The Morgan fingerprint density at radius 1 is 1.45 bits per heavy atom. The van der Waals surface area contributed by atoms with E-state index in [1.165, 1.54) is 4.88 Å². The van der Waals surface area contributed by atoms with Gasteiger partial charge in [-0.1, -0.05) is 12.8 Å². The van der Waals surface area contributed by atoms with Crippen LogP contribution in [0.5, 0.6) is 0 Å². The Kier molecular flexibility index (Phi) is 3.99. The Morgan fingerprint density at radius 3 is 2.82 bits per heavy atom. The fourth-order valence-corrected chi connectivity index (χ4v) is 4.13. The molecule has 0 bridgehead atoms. The van der Waals surface area contributed by atoms with Gasteiger partial charge in [-0.3, -0.25) is 9.20 Å². The van der Waals surface area contributed by atoms with Crippen LogP contribution in [0.25, 0.3) is 4.96 Å². The lowest BCUT2D eigenvalue weighted by atomic mass is 9.97. The van der Waals surface area contributed by atoms with Crippen molar-refractivity contribution < 1.29 is 9.90 Å². The van der Waals surface area contributed by atoms with Crippen molar-refractivity contribution in [3.8, 4) is 0 Å². The number of amides is 1. The fraction of sp³-hybridized carbons (Fsp3) is 0.625. The number of nitrogens with zero attached hydrogens (tertiary/aromatic N) is 3. The van der Waals surface area contributed by atoms with Gasteiger partial charge >= 0.3 is 0 Å². The number of aliphatic hydroxyl groups is 1. The summed E-state index contributed by atoms with van der Waals surface area (Å²) in [5.74, 6) is 0.00528. The first-order valence-corrected chi connectivity index (χ1v) is 8.60. The highest BCUT2D eigenvalue weighted by atomic mass is 32.1. The molecular formula is C16H23N3O2S. The highest BCUT2D eigenvalue weighted by molar-refractivity contribution is 7.17. The van der Waals surface area contributed by atoms with E-state index in [9.17, 15) is 9.90 Å². The van der Waals surface area contributed by atoms with Crippen LogP contribution in [-0.2, 0) is 11.3 Å². The van der Waals surface area contributed by atoms with Crippen LogP contribution < -0.4 is 0 Å². The summed E-state index contributed by atoms with van der Waals surface area (Å²) in [6, 6.07) is 0. The third kappa shape index (κ3) is 2.90. The normalized spacial score (nSPS) is 17.3. The molecule has 2 heterocycles. The van der Waals surface area contributed by atoms with Crippen molar-refractivity contribution in [3.05, 3.63) is 22.5 Å². The van der Waals surface area contributed by atoms with E-state index < -0.39 is 5.60 Å². The lowest BCUT2D eigenvalue weighted by Gasteiger charge is -2.25. The second-order valence-corrected chi connectivity index (χ2v) is 7.71. The van der Waals surface area contributed by atoms with Gasteiger partial charge in [0.1, 0.15) is 0 Å². The van der Waals surface area contributed by atoms with Gasteiger partial charge in [0.25, 0.3) is 0 Å². The van der Waals surface area contributed by atoms with Crippen molar-refractivity contribution in [2.45, 2.75) is 58.1 Å². The molecule has 1 amide bonds. The van der Waals surface area contributed by atoms with Crippen molar-refractivity contribution in [3.63, 3.8) is 0 Å². The SMILES string of the molecule is Cc1cn2c(CN(C)C(=O)CC3(O)CCCC3)c(C)nc2s1. The molecule has 120 valence electrons. The maximum absolute atomic E-state index is 12.4. The molecule has 0 unspecified atom stereocenters. The molecule has 1 fully saturated rings. The number of hydrogen-bond donors (Lipinski definition) is 1. The fourth-order valence-electron chi connectivity index (χ4n) is 3.24. The molecular weight excluding hydrogens is 298 g/mol. The van der Waals surface area contributed by atoms with E-state index in [0.717, 1.165) is 42.0 Å². The standard InChI is InChI=1S/C16H23N3O2S/c1-11-9-19-13(12(2)17-15(19)22-11)10-18(3)14(20)8-16(21)6-4-5-7-16/h9,21H,4-8,10H2,1-3H3. The molecule has 5 nitrogen and oxygen atoms in total. The van der Waals surface area contributed by atoms with Crippen molar-refractivity contribution in [1.82, 2.24) is 14.3 Å². The highest BCUT2D eigenvalue weighted by Gasteiger charge is 2.34. The minimum absolute atomic E-state index is 0.00528. The first-order valence-electron chi connectivity index (χ1n) is 7.78. The molecule has 2 aromatic rings. The van der Waals surface area contributed by atoms with Crippen LogP contribution >= 0.6 is 11.3 Å². The van der Waals surface area contributed by atoms with Gasteiger partial charge in [0.2, 0.25) is 5.91 Å². The average molecular weight is 321 g/mol. The van der Waals surface area contributed by atoms with Crippen molar-refractivity contribution in [2.75, 3.05) is 7.05 Å². The van der Waals surface area contributed by atoms with Gasteiger partial charge in [-0.15, -0.1) is 11.3 Å². The Balaban J connectivity index is 1.73. The van der Waals surface area contributed by atoms with Gasteiger partial charge in [0.15, 0.2) is 4.96 Å². The molecule has 1 aliphatic rings. The van der Waals surface area contributed by atoms with E-state index in [1.54, 1.807) is 23.3 Å². The summed E-state index contributed by atoms with van der Waals surface area (Å²) in [5.41, 5.74) is 1.23. The Morgan fingerprint density at radius 2 is 2.14 bits per heavy atom. The molecule has 0 radical (unpaired) electrons. The van der Waals surface area contributed by atoms with Gasteiger partial charge < -0.3 is 10.0 Å². The average Bonchev–Trinajstić information content (AvgIpc) is 3.08. The molecule has 1 N–H and O–H groups in total. The van der Waals surface area contributed by atoms with Crippen LogP contribution in [-0.4, -0.2) is 37.9 Å². The zero-order chi connectivity index (χ0) is 15.9. The summed E-state index contributed by atoms with van der Waals surface area (Å²) >= 11 is 1.66. The molecule has 0 aromatic carbocycles. The molecule has 1 saturated carbocycles. The summed E-state index contributed by atoms with van der Waals surface area (Å²) in [4.78, 5) is 20.9. The van der Waals surface area contributed by atoms with Crippen LogP contribution in [0.1, 0.15) is 48.4 Å². The Bertz CT molecular complexity index is 698. The maximum atomic E-state index is 12.4. The number of carbonyl (C=O) groups is 1. The van der Waals surface area contributed by atoms with Crippen molar-refractivity contribution in [1.29, 1.82) is 0 Å². The van der Waals surface area contributed by atoms with E-state index >= 15 is 0 Å². The predicted molar refractivity (Wildman–Crippen MR) is 87.1 cm³/mol. The molecule has 0 saturated heterocycles. The summed E-state index contributed by atoms with van der Waals surface area (Å²) in [7, 11) is 1.80. The monoisotopic (exact) mass is 321 g/mol. The van der Waals surface area contributed by atoms with Crippen LogP contribution in [0.2, 0.25) is 0 Å². The third-order valence-electron chi connectivity index (χ3n) is 4.57. The van der Waals surface area contributed by atoms with Crippen molar-refractivity contribution >= 4 is 22.2 Å².